The van der Waals surface area contributed by atoms with E-state index in [-0.39, 0.29) is 17.6 Å². The zero-order chi connectivity index (χ0) is 15.5. The van der Waals surface area contributed by atoms with Gasteiger partial charge in [-0.1, -0.05) is 6.07 Å². The highest BCUT2D eigenvalue weighted by Crippen LogP contribution is 2.33. The molecule has 0 amide bonds. The summed E-state index contributed by atoms with van der Waals surface area (Å²) in [5, 5.41) is 12.0. The van der Waals surface area contributed by atoms with Gasteiger partial charge in [-0.3, -0.25) is 0 Å². The maximum absolute atomic E-state index is 13.3. The highest BCUT2D eigenvalue weighted by atomic mass is 19.1. The van der Waals surface area contributed by atoms with Crippen LogP contribution in [0.4, 0.5) is 10.2 Å². The topological polar surface area (TPSA) is 84.3 Å². The molecule has 2 heterocycles. The number of fused-ring (bicyclic) bond motifs is 1. The number of rotatable bonds is 3. The minimum atomic E-state index is -1.12. The average Bonchev–Trinajstić information content (AvgIpc) is 2.70. The molecule has 114 valence electrons. The van der Waals surface area contributed by atoms with Crippen LogP contribution in [0.2, 0.25) is 0 Å². The molecular formula is C15H14FN3O3. The van der Waals surface area contributed by atoms with E-state index in [4.69, 9.17) is 9.84 Å². The van der Waals surface area contributed by atoms with Gasteiger partial charge in [0.2, 0.25) is 0 Å². The zero-order valence-corrected chi connectivity index (χ0v) is 11.6. The van der Waals surface area contributed by atoms with Gasteiger partial charge in [0.25, 0.3) is 0 Å². The quantitative estimate of drug-likeness (QED) is 0.907. The molecule has 0 radical (unpaired) electrons. The molecule has 7 heteroatoms. The van der Waals surface area contributed by atoms with Crippen LogP contribution in [-0.4, -0.2) is 27.7 Å². The summed E-state index contributed by atoms with van der Waals surface area (Å²) < 4.78 is 18.9. The lowest BCUT2D eigenvalue weighted by Gasteiger charge is -2.18. The molecule has 2 aromatic rings. The molecule has 1 unspecified atom stereocenters. The third-order valence-electron chi connectivity index (χ3n) is 3.44. The van der Waals surface area contributed by atoms with Crippen molar-refractivity contribution in [1.82, 2.24) is 9.97 Å². The minimum absolute atomic E-state index is 0.0944. The van der Waals surface area contributed by atoms with Crippen LogP contribution in [0, 0.1) is 5.82 Å². The predicted molar refractivity (Wildman–Crippen MR) is 76.5 cm³/mol. The predicted octanol–water partition coefficient (Wildman–Crippen LogP) is 2.64. The van der Waals surface area contributed by atoms with Crippen molar-refractivity contribution in [2.45, 2.75) is 18.9 Å². The van der Waals surface area contributed by atoms with Gasteiger partial charge in [0.05, 0.1) is 25.0 Å². The summed E-state index contributed by atoms with van der Waals surface area (Å²) in [6.07, 6.45) is 4.18. The molecule has 1 aromatic carbocycles. The Kier molecular flexibility index (Phi) is 3.86. The Labute approximate surface area is 126 Å². The monoisotopic (exact) mass is 303 g/mol. The van der Waals surface area contributed by atoms with Crippen molar-refractivity contribution in [2.75, 3.05) is 11.9 Å². The lowest BCUT2D eigenvalue weighted by molar-refractivity contribution is 0.0690. The first-order chi connectivity index (χ1) is 10.6. The Hall–Kier alpha value is -2.70. The second kappa shape index (κ2) is 5.97. The maximum atomic E-state index is 13.3. The third-order valence-corrected chi connectivity index (χ3v) is 3.44. The van der Waals surface area contributed by atoms with Gasteiger partial charge in [0, 0.05) is 11.6 Å². The number of carboxylic acid groups (broad SMARTS) is 1. The fraction of sp³-hybridized carbons (Fsp3) is 0.267. The molecule has 0 saturated heterocycles. The van der Waals surface area contributed by atoms with Gasteiger partial charge in [-0.05, 0) is 18.9 Å². The number of benzene rings is 1. The third kappa shape index (κ3) is 2.98. The van der Waals surface area contributed by atoms with E-state index in [0.717, 1.165) is 18.4 Å². The number of carboxylic acids is 1. The number of hydrogen-bond acceptors (Lipinski definition) is 5. The number of aromatic carboxylic acids is 1. The molecule has 1 aliphatic heterocycles. The van der Waals surface area contributed by atoms with E-state index in [2.05, 4.69) is 15.3 Å². The molecule has 0 bridgehead atoms. The van der Waals surface area contributed by atoms with Crippen LogP contribution in [-0.2, 0) is 0 Å². The van der Waals surface area contributed by atoms with Gasteiger partial charge in [0.1, 0.15) is 17.4 Å². The van der Waals surface area contributed by atoms with Crippen LogP contribution in [0.15, 0.2) is 30.6 Å². The van der Waals surface area contributed by atoms with Crippen LogP contribution >= 0.6 is 0 Å². The Morgan fingerprint density at radius 3 is 2.95 bits per heavy atom. The summed E-state index contributed by atoms with van der Waals surface area (Å²) >= 11 is 0. The first kappa shape index (κ1) is 14.2. The number of carbonyl (C=O) groups is 1. The van der Waals surface area contributed by atoms with Crippen molar-refractivity contribution in [2.24, 2.45) is 0 Å². The smallest absolute Gasteiger partial charge is 0.356 e. The van der Waals surface area contributed by atoms with E-state index < -0.39 is 5.97 Å². The van der Waals surface area contributed by atoms with Gasteiger partial charge < -0.3 is 15.2 Å². The Bertz CT molecular complexity index is 691. The summed E-state index contributed by atoms with van der Waals surface area (Å²) in [5.41, 5.74) is 0.736. The summed E-state index contributed by atoms with van der Waals surface area (Å²) in [7, 11) is 0. The maximum Gasteiger partial charge on any atom is 0.356 e. The molecule has 2 N–H and O–H groups in total. The number of hydrogen-bond donors (Lipinski definition) is 2. The van der Waals surface area contributed by atoms with E-state index in [0.29, 0.717) is 18.2 Å². The number of nitrogens with zero attached hydrogens (tertiary/aromatic N) is 2. The number of nitrogens with one attached hydrogen (secondary N) is 1. The summed E-state index contributed by atoms with van der Waals surface area (Å²) in [6, 6.07) is 4.35. The Morgan fingerprint density at radius 2 is 2.23 bits per heavy atom. The van der Waals surface area contributed by atoms with Crippen LogP contribution in [0.5, 0.6) is 5.75 Å². The SMILES string of the molecule is O=C(O)c1cnc(NC2CCCOc3cc(F)ccc32)cn1. The lowest BCUT2D eigenvalue weighted by Crippen LogP contribution is -2.12. The molecule has 3 rings (SSSR count). The van der Waals surface area contributed by atoms with E-state index in [1.54, 1.807) is 6.07 Å². The van der Waals surface area contributed by atoms with Crippen molar-refractivity contribution >= 4 is 11.8 Å². The molecule has 1 aromatic heterocycles. The van der Waals surface area contributed by atoms with Crippen LogP contribution in [0.3, 0.4) is 0 Å². The highest BCUT2D eigenvalue weighted by Gasteiger charge is 2.20. The zero-order valence-electron chi connectivity index (χ0n) is 11.6. The number of anilines is 1. The number of halogens is 1. The normalized spacial score (nSPS) is 17.0. The van der Waals surface area contributed by atoms with Crippen LogP contribution < -0.4 is 10.1 Å². The largest absolute Gasteiger partial charge is 0.493 e. The fourth-order valence-corrected chi connectivity index (χ4v) is 2.39. The van der Waals surface area contributed by atoms with E-state index in [1.807, 2.05) is 0 Å². The first-order valence-electron chi connectivity index (χ1n) is 6.87. The highest BCUT2D eigenvalue weighted by molar-refractivity contribution is 5.84. The van der Waals surface area contributed by atoms with Gasteiger partial charge in [0.15, 0.2) is 5.69 Å². The molecule has 22 heavy (non-hydrogen) atoms. The standard InChI is InChI=1S/C15H14FN3O3/c16-9-3-4-10-11(2-1-5-22-13(10)6-9)19-14-8-17-12(7-18-14)15(20)21/h3-4,6-8,11H,1-2,5H2,(H,18,19)(H,20,21). The molecule has 1 aliphatic rings. The second-order valence-corrected chi connectivity index (χ2v) is 4.96. The van der Waals surface area contributed by atoms with Gasteiger partial charge in [-0.15, -0.1) is 0 Å². The fourth-order valence-electron chi connectivity index (χ4n) is 2.39. The number of ether oxygens (including phenoxy) is 1. The molecule has 0 aliphatic carbocycles. The van der Waals surface area contributed by atoms with Gasteiger partial charge in [-0.25, -0.2) is 19.2 Å². The summed E-state index contributed by atoms with van der Waals surface area (Å²) in [6.45, 7) is 0.526. The molecular weight excluding hydrogens is 289 g/mol. The summed E-state index contributed by atoms with van der Waals surface area (Å²) in [5.74, 6) is -0.481. The van der Waals surface area contributed by atoms with Crippen molar-refractivity contribution in [3.63, 3.8) is 0 Å². The van der Waals surface area contributed by atoms with E-state index in [9.17, 15) is 9.18 Å². The van der Waals surface area contributed by atoms with E-state index >= 15 is 0 Å². The molecule has 0 saturated carbocycles. The van der Waals surface area contributed by atoms with Crippen LogP contribution in [0.1, 0.15) is 34.9 Å². The Balaban J connectivity index is 1.84. The average molecular weight is 303 g/mol. The molecule has 0 fully saturated rings. The lowest BCUT2D eigenvalue weighted by atomic mass is 10.0. The second-order valence-electron chi connectivity index (χ2n) is 4.96. The molecule has 1 atom stereocenters. The Morgan fingerprint density at radius 1 is 1.36 bits per heavy atom. The first-order valence-corrected chi connectivity index (χ1v) is 6.87. The van der Waals surface area contributed by atoms with Crippen molar-refractivity contribution in [3.05, 3.63) is 47.7 Å². The van der Waals surface area contributed by atoms with Crippen molar-refractivity contribution in [3.8, 4) is 5.75 Å². The minimum Gasteiger partial charge on any atom is -0.493 e. The van der Waals surface area contributed by atoms with Gasteiger partial charge >= 0.3 is 5.97 Å². The summed E-state index contributed by atoms with van der Waals surface area (Å²) in [4.78, 5) is 18.6. The van der Waals surface area contributed by atoms with Crippen LogP contribution in [0.25, 0.3) is 0 Å². The van der Waals surface area contributed by atoms with E-state index in [1.165, 1.54) is 24.5 Å². The molecule has 0 spiro atoms. The molecule has 6 nitrogen and oxygen atoms in total. The number of aromatic nitrogens is 2. The van der Waals surface area contributed by atoms with Crippen molar-refractivity contribution < 1.29 is 19.0 Å². The van der Waals surface area contributed by atoms with Gasteiger partial charge in [-0.2, -0.15) is 0 Å². The van der Waals surface area contributed by atoms with Crippen molar-refractivity contribution in [1.29, 1.82) is 0 Å².